The number of aromatic amines is 1. The normalized spacial score (nSPS) is 20.1. The van der Waals surface area contributed by atoms with Crippen LogP contribution in [0.2, 0.25) is 0 Å². The lowest BCUT2D eigenvalue weighted by molar-refractivity contribution is -0.141. The highest BCUT2D eigenvalue weighted by Gasteiger charge is 2.40. The number of ether oxygens (including phenoxy) is 1. The summed E-state index contributed by atoms with van der Waals surface area (Å²) in [5.41, 5.74) is 6.60. The fourth-order valence-corrected chi connectivity index (χ4v) is 3.79. The predicted octanol–water partition coefficient (Wildman–Crippen LogP) is 2.11. The predicted molar refractivity (Wildman–Crippen MR) is 105 cm³/mol. The molecule has 3 heterocycles. The van der Waals surface area contributed by atoms with E-state index in [9.17, 15) is 4.79 Å². The third-order valence-corrected chi connectivity index (χ3v) is 5.51. The number of H-pyrrole nitrogens is 1. The van der Waals surface area contributed by atoms with Gasteiger partial charge in [0.25, 0.3) is 0 Å². The molecule has 2 aliphatic heterocycles. The fraction of sp³-hybridized carbons (Fsp3) is 0.526. The van der Waals surface area contributed by atoms with Crippen molar-refractivity contribution in [1.29, 1.82) is 0 Å². The Morgan fingerprint density at radius 1 is 1.19 bits per heavy atom. The van der Waals surface area contributed by atoms with Crippen LogP contribution in [0.1, 0.15) is 37.4 Å². The van der Waals surface area contributed by atoms with E-state index < -0.39 is 5.54 Å². The average Bonchev–Trinajstić information content (AvgIpc) is 3.19. The number of hydrogen-bond acceptors (Lipinski definition) is 5. The van der Waals surface area contributed by atoms with E-state index in [4.69, 9.17) is 10.5 Å². The Morgan fingerprint density at radius 2 is 1.85 bits per heavy atom. The molecule has 0 bridgehead atoms. The number of amides is 1. The monoisotopic (exact) mass is 391 g/mol. The van der Waals surface area contributed by atoms with Crippen LogP contribution >= 0.6 is 12.4 Å². The highest BCUT2D eigenvalue weighted by atomic mass is 35.5. The molecular weight excluding hydrogens is 366 g/mol. The minimum Gasteiger partial charge on any atom is -0.381 e. The first-order chi connectivity index (χ1) is 12.7. The minimum absolute atomic E-state index is 0. The van der Waals surface area contributed by atoms with Crippen LogP contribution in [0.5, 0.6) is 0 Å². The van der Waals surface area contributed by atoms with Crippen molar-refractivity contribution in [3.05, 3.63) is 36.2 Å². The highest BCUT2D eigenvalue weighted by molar-refractivity contribution is 5.86. The smallest absolute Gasteiger partial charge is 0.242 e. The lowest BCUT2D eigenvalue weighted by Gasteiger charge is -2.39. The molecule has 1 aromatic heterocycles. The van der Waals surface area contributed by atoms with Gasteiger partial charge in [-0.05, 0) is 25.7 Å². The fourth-order valence-electron chi connectivity index (χ4n) is 3.79. The van der Waals surface area contributed by atoms with E-state index in [1.165, 1.54) is 0 Å². The van der Waals surface area contributed by atoms with Crippen molar-refractivity contribution < 1.29 is 9.53 Å². The molecule has 0 radical (unpaired) electrons. The van der Waals surface area contributed by atoms with Gasteiger partial charge < -0.3 is 15.4 Å². The molecule has 146 valence electrons. The number of aromatic nitrogens is 3. The maximum absolute atomic E-state index is 12.8. The molecule has 2 aromatic rings. The molecule has 0 aliphatic carbocycles. The molecule has 2 fully saturated rings. The number of likely N-dealkylation sites (tertiary alicyclic amines) is 1. The second-order valence-corrected chi connectivity index (χ2v) is 7.25. The van der Waals surface area contributed by atoms with Crippen molar-refractivity contribution in [2.75, 3.05) is 26.3 Å². The van der Waals surface area contributed by atoms with Gasteiger partial charge in [-0.25, -0.2) is 4.98 Å². The van der Waals surface area contributed by atoms with Crippen LogP contribution in [0.3, 0.4) is 0 Å². The molecule has 27 heavy (non-hydrogen) atoms. The molecule has 1 amide bonds. The van der Waals surface area contributed by atoms with Crippen molar-refractivity contribution >= 4 is 18.3 Å². The Kier molecular flexibility index (Phi) is 6.14. The van der Waals surface area contributed by atoms with Crippen LogP contribution in [0.25, 0.3) is 11.4 Å². The number of carbonyl (C=O) groups is 1. The van der Waals surface area contributed by atoms with Gasteiger partial charge in [-0.1, -0.05) is 30.3 Å². The van der Waals surface area contributed by atoms with E-state index >= 15 is 0 Å². The zero-order chi connectivity index (χ0) is 18.0. The molecule has 7 nitrogen and oxygen atoms in total. The Balaban J connectivity index is 0.00000210. The number of halogens is 1. The van der Waals surface area contributed by atoms with E-state index in [2.05, 4.69) is 15.2 Å². The first-order valence-electron chi connectivity index (χ1n) is 9.29. The molecule has 0 spiro atoms. The maximum atomic E-state index is 12.8. The summed E-state index contributed by atoms with van der Waals surface area (Å²) < 4.78 is 5.35. The number of piperidine rings is 1. The number of carbonyl (C=O) groups excluding carboxylic acids is 1. The van der Waals surface area contributed by atoms with Crippen LogP contribution in [0.4, 0.5) is 0 Å². The van der Waals surface area contributed by atoms with Gasteiger partial charge in [0.05, 0.1) is 5.54 Å². The van der Waals surface area contributed by atoms with Gasteiger partial charge >= 0.3 is 0 Å². The average molecular weight is 392 g/mol. The van der Waals surface area contributed by atoms with E-state index in [-0.39, 0.29) is 18.3 Å². The molecule has 1 aromatic carbocycles. The maximum Gasteiger partial charge on any atom is 0.242 e. The largest absolute Gasteiger partial charge is 0.381 e. The molecular formula is C19H26ClN5O2. The summed E-state index contributed by atoms with van der Waals surface area (Å²) in [7, 11) is 0. The molecule has 3 N–H and O–H groups in total. The van der Waals surface area contributed by atoms with Crippen molar-refractivity contribution in [3.8, 4) is 11.4 Å². The van der Waals surface area contributed by atoms with Gasteiger partial charge in [0.15, 0.2) is 5.82 Å². The van der Waals surface area contributed by atoms with Gasteiger partial charge in [0.2, 0.25) is 5.91 Å². The van der Waals surface area contributed by atoms with E-state index in [1.807, 2.05) is 35.2 Å². The van der Waals surface area contributed by atoms with Crippen molar-refractivity contribution in [2.24, 2.45) is 5.73 Å². The lowest BCUT2D eigenvalue weighted by Crippen LogP contribution is -2.59. The zero-order valence-corrected chi connectivity index (χ0v) is 16.1. The van der Waals surface area contributed by atoms with Crippen LogP contribution < -0.4 is 5.73 Å². The number of nitrogens with two attached hydrogens (primary N) is 1. The second kappa shape index (κ2) is 8.37. The minimum atomic E-state index is -0.752. The summed E-state index contributed by atoms with van der Waals surface area (Å²) in [5, 5.41) is 7.43. The summed E-state index contributed by atoms with van der Waals surface area (Å²) in [6.07, 6.45) is 2.96. The number of hydrogen-bond donors (Lipinski definition) is 2. The van der Waals surface area contributed by atoms with Crippen molar-refractivity contribution in [3.63, 3.8) is 0 Å². The van der Waals surface area contributed by atoms with E-state index in [0.29, 0.717) is 45.1 Å². The summed E-state index contributed by atoms with van der Waals surface area (Å²) in [6.45, 7) is 2.56. The third kappa shape index (κ3) is 4.15. The van der Waals surface area contributed by atoms with E-state index in [0.717, 1.165) is 30.1 Å². The lowest BCUT2D eigenvalue weighted by atomic mass is 9.88. The Hall–Kier alpha value is -1.96. The third-order valence-electron chi connectivity index (χ3n) is 5.51. The van der Waals surface area contributed by atoms with Crippen LogP contribution in [0.15, 0.2) is 30.3 Å². The summed E-state index contributed by atoms with van der Waals surface area (Å²) in [5.74, 6) is 2.00. The molecule has 0 atom stereocenters. The molecule has 2 saturated heterocycles. The molecule has 8 heteroatoms. The van der Waals surface area contributed by atoms with Crippen LogP contribution in [-0.2, 0) is 9.53 Å². The van der Waals surface area contributed by atoms with Crippen molar-refractivity contribution in [1.82, 2.24) is 20.1 Å². The Labute approximate surface area is 165 Å². The topological polar surface area (TPSA) is 97.1 Å². The Bertz CT molecular complexity index is 752. The van der Waals surface area contributed by atoms with Crippen LogP contribution in [-0.4, -0.2) is 57.8 Å². The summed E-state index contributed by atoms with van der Waals surface area (Å²) in [6, 6.07) is 9.95. The summed E-state index contributed by atoms with van der Waals surface area (Å²) >= 11 is 0. The number of nitrogens with one attached hydrogen (secondary N) is 1. The first kappa shape index (κ1) is 19.8. The standard InChI is InChI=1S/C19H25N5O2.ClH/c20-19(8-12-26-13-9-19)18(25)24-10-6-15(7-11-24)17-21-16(22-23-17)14-4-2-1-3-5-14;/h1-5,15H,6-13,20H2,(H,21,22,23);1H. The van der Waals surface area contributed by atoms with Gasteiger partial charge in [-0.2, -0.15) is 5.10 Å². The second-order valence-electron chi connectivity index (χ2n) is 7.25. The SMILES string of the molecule is Cl.NC1(C(=O)N2CCC(c3nc(-c4ccccc4)n[nH]3)CC2)CCOCC1. The highest BCUT2D eigenvalue weighted by Crippen LogP contribution is 2.29. The van der Waals surface area contributed by atoms with Gasteiger partial charge in [-0.3, -0.25) is 9.89 Å². The van der Waals surface area contributed by atoms with Gasteiger partial charge in [0.1, 0.15) is 5.82 Å². The van der Waals surface area contributed by atoms with Crippen molar-refractivity contribution in [2.45, 2.75) is 37.1 Å². The summed E-state index contributed by atoms with van der Waals surface area (Å²) in [4.78, 5) is 19.4. The van der Waals surface area contributed by atoms with Crippen LogP contribution in [0, 0.1) is 0 Å². The quantitative estimate of drug-likeness (QED) is 0.835. The molecule has 0 saturated carbocycles. The number of nitrogens with zero attached hydrogens (tertiary/aromatic N) is 3. The molecule has 0 unspecified atom stereocenters. The number of benzene rings is 1. The first-order valence-corrected chi connectivity index (χ1v) is 9.29. The Morgan fingerprint density at radius 3 is 2.52 bits per heavy atom. The van der Waals surface area contributed by atoms with Gasteiger partial charge in [-0.15, -0.1) is 12.4 Å². The van der Waals surface area contributed by atoms with Gasteiger partial charge in [0, 0.05) is 37.8 Å². The molecule has 4 rings (SSSR count). The number of rotatable bonds is 3. The zero-order valence-electron chi connectivity index (χ0n) is 15.3. The van der Waals surface area contributed by atoms with E-state index in [1.54, 1.807) is 0 Å². The molecule has 2 aliphatic rings.